The van der Waals surface area contributed by atoms with Gasteiger partial charge in [-0.05, 0) is 41.6 Å². The lowest BCUT2D eigenvalue weighted by atomic mass is 10.3. The molecule has 24 heavy (non-hydrogen) atoms. The largest absolute Gasteiger partial charge is 0.457 e. The van der Waals surface area contributed by atoms with Crippen molar-refractivity contribution in [1.29, 1.82) is 0 Å². The summed E-state index contributed by atoms with van der Waals surface area (Å²) in [6.07, 6.45) is 5.05. The molecule has 0 aliphatic rings. The average molecular weight is 316 g/mol. The van der Waals surface area contributed by atoms with Gasteiger partial charge >= 0.3 is 0 Å². The minimum atomic E-state index is 0.469. The van der Waals surface area contributed by atoms with Crippen LogP contribution in [0, 0.1) is 0 Å². The molecule has 0 aliphatic carbocycles. The van der Waals surface area contributed by atoms with E-state index >= 15 is 0 Å². The Morgan fingerprint density at radius 1 is 0.833 bits per heavy atom. The van der Waals surface area contributed by atoms with Gasteiger partial charge in [-0.2, -0.15) is 0 Å². The Hall–Kier alpha value is -3.61. The first kappa shape index (κ1) is 14.0. The molecule has 4 rings (SSSR count). The Kier molecular flexibility index (Phi) is 3.65. The maximum atomic E-state index is 5.79. The minimum absolute atomic E-state index is 0.469. The van der Waals surface area contributed by atoms with E-state index in [-0.39, 0.29) is 0 Å². The normalized spacial score (nSPS) is 10.5. The van der Waals surface area contributed by atoms with Gasteiger partial charge in [0.1, 0.15) is 17.2 Å². The van der Waals surface area contributed by atoms with E-state index in [1.807, 2.05) is 42.5 Å². The molecule has 0 amide bonds. The molecule has 0 fully saturated rings. The van der Waals surface area contributed by atoms with Gasteiger partial charge < -0.3 is 4.74 Å². The molecule has 0 radical (unpaired) electrons. The van der Waals surface area contributed by atoms with Crippen molar-refractivity contribution in [2.75, 3.05) is 0 Å². The molecule has 0 saturated carbocycles. The lowest BCUT2D eigenvalue weighted by Crippen LogP contribution is -1.99. The lowest BCUT2D eigenvalue weighted by molar-refractivity contribution is 0.481. The Balaban J connectivity index is 1.61. The van der Waals surface area contributed by atoms with Crippen LogP contribution in [0.4, 0.5) is 0 Å². The van der Waals surface area contributed by atoms with Crippen LogP contribution >= 0.6 is 0 Å². The summed E-state index contributed by atoms with van der Waals surface area (Å²) in [6.45, 7) is 0. The van der Waals surface area contributed by atoms with Crippen LogP contribution in [-0.4, -0.2) is 30.2 Å². The number of hydrogen-bond donors (Lipinski definition) is 0. The molecule has 0 aliphatic heterocycles. The first-order valence-corrected chi connectivity index (χ1v) is 7.28. The first-order valence-electron chi connectivity index (χ1n) is 7.28. The molecule has 0 saturated heterocycles. The number of tetrazole rings is 1. The highest BCUT2D eigenvalue weighted by Gasteiger charge is 2.09. The van der Waals surface area contributed by atoms with E-state index in [2.05, 4.69) is 25.4 Å². The molecule has 116 valence electrons. The summed E-state index contributed by atoms with van der Waals surface area (Å²) in [4.78, 5) is 9.63. The van der Waals surface area contributed by atoms with E-state index in [1.54, 1.807) is 30.7 Å². The van der Waals surface area contributed by atoms with Gasteiger partial charge in [0.2, 0.25) is 5.82 Å². The summed E-state index contributed by atoms with van der Waals surface area (Å²) in [5, 5.41) is 12.5. The standard InChI is InChI=1S/C17H12N6O/c1-2-9-19-16(6-1)17-20-22-23(21-17)13-4-3-5-15(12-13)24-14-7-10-18-11-8-14/h1-12H. The maximum Gasteiger partial charge on any atom is 0.223 e. The second kappa shape index (κ2) is 6.25. The second-order valence-corrected chi connectivity index (χ2v) is 4.90. The van der Waals surface area contributed by atoms with E-state index in [4.69, 9.17) is 4.74 Å². The molecule has 0 atom stereocenters. The predicted molar refractivity (Wildman–Crippen MR) is 86.7 cm³/mol. The highest BCUT2D eigenvalue weighted by molar-refractivity contribution is 5.47. The molecular weight excluding hydrogens is 304 g/mol. The maximum absolute atomic E-state index is 5.79. The third-order valence-corrected chi connectivity index (χ3v) is 3.24. The van der Waals surface area contributed by atoms with Gasteiger partial charge in [-0.15, -0.1) is 15.0 Å². The fourth-order valence-electron chi connectivity index (χ4n) is 2.14. The average Bonchev–Trinajstić information content (AvgIpc) is 3.14. The third kappa shape index (κ3) is 2.95. The second-order valence-electron chi connectivity index (χ2n) is 4.90. The van der Waals surface area contributed by atoms with Crippen LogP contribution in [0.25, 0.3) is 17.2 Å². The molecule has 3 heterocycles. The highest BCUT2D eigenvalue weighted by Crippen LogP contribution is 2.22. The lowest BCUT2D eigenvalue weighted by Gasteiger charge is -2.06. The SMILES string of the molecule is c1ccc(-c2nnn(-c3cccc(Oc4ccncc4)c3)n2)nc1. The first-order chi connectivity index (χ1) is 11.9. The van der Waals surface area contributed by atoms with Gasteiger partial charge in [0.25, 0.3) is 0 Å². The summed E-state index contributed by atoms with van der Waals surface area (Å²) in [6, 6.07) is 16.6. The van der Waals surface area contributed by atoms with Crippen LogP contribution < -0.4 is 4.74 Å². The molecule has 4 aromatic rings. The fourth-order valence-corrected chi connectivity index (χ4v) is 2.14. The van der Waals surface area contributed by atoms with Crippen molar-refractivity contribution in [2.24, 2.45) is 0 Å². The Morgan fingerprint density at radius 2 is 1.75 bits per heavy atom. The molecule has 3 aromatic heterocycles. The zero-order chi connectivity index (χ0) is 16.2. The number of ether oxygens (including phenoxy) is 1. The van der Waals surface area contributed by atoms with E-state index in [0.717, 1.165) is 5.69 Å². The van der Waals surface area contributed by atoms with Crippen LogP contribution in [-0.2, 0) is 0 Å². The van der Waals surface area contributed by atoms with Crippen molar-refractivity contribution >= 4 is 0 Å². The van der Waals surface area contributed by atoms with Gasteiger partial charge in [0.05, 0.1) is 5.69 Å². The zero-order valence-corrected chi connectivity index (χ0v) is 12.5. The van der Waals surface area contributed by atoms with Gasteiger partial charge in [-0.3, -0.25) is 9.97 Å². The Morgan fingerprint density at radius 3 is 2.58 bits per heavy atom. The number of benzene rings is 1. The van der Waals surface area contributed by atoms with Crippen molar-refractivity contribution in [3.05, 3.63) is 73.2 Å². The van der Waals surface area contributed by atoms with Crippen LogP contribution in [0.2, 0.25) is 0 Å². The molecule has 7 nitrogen and oxygen atoms in total. The molecular formula is C17H12N6O. The summed E-state index contributed by atoms with van der Waals surface area (Å²) in [5.74, 6) is 1.86. The van der Waals surface area contributed by atoms with E-state index < -0.39 is 0 Å². The van der Waals surface area contributed by atoms with Crippen molar-refractivity contribution in [3.63, 3.8) is 0 Å². The van der Waals surface area contributed by atoms with Crippen LogP contribution in [0.1, 0.15) is 0 Å². The van der Waals surface area contributed by atoms with Crippen molar-refractivity contribution in [3.8, 4) is 28.7 Å². The minimum Gasteiger partial charge on any atom is -0.457 e. The van der Waals surface area contributed by atoms with Gasteiger partial charge in [-0.1, -0.05) is 12.1 Å². The predicted octanol–water partition coefficient (Wildman–Crippen LogP) is 2.91. The molecule has 1 aromatic carbocycles. The molecule has 0 N–H and O–H groups in total. The molecule has 0 unspecified atom stereocenters. The van der Waals surface area contributed by atoms with Crippen molar-refractivity contribution in [1.82, 2.24) is 30.2 Å². The molecule has 7 heteroatoms. The third-order valence-electron chi connectivity index (χ3n) is 3.24. The van der Waals surface area contributed by atoms with E-state index in [9.17, 15) is 0 Å². The number of rotatable bonds is 4. The van der Waals surface area contributed by atoms with Crippen LogP contribution in [0.15, 0.2) is 73.2 Å². The summed E-state index contributed by atoms with van der Waals surface area (Å²) in [5.41, 5.74) is 1.42. The van der Waals surface area contributed by atoms with Gasteiger partial charge in [-0.25, -0.2) is 0 Å². The topological polar surface area (TPSA) is 78.6 Å². The van der Waals surface area contributed by atoms with E-state index in [1.165, 1.54) is 4.80 Å². The molecule has 0 spiro atoms. The van der Waals surface area contributed by atoms with E-state index in [0.29, 0.717) is 23.0 Å². The number of nitrogens with zero attached hydrogens (tertiary/aromatic N) is 6. The van der Waals surface area contributed by atoms with Crippen molar-refractivity contribution < 1.29 is 4.74 Å². The number of aromatic nitrogens is 6. The van der Waals surface area contributed by atoms with Crippen LogP contribution in [0.3, 0.4) is 0 Å². The fraction of sp³-hybridized carbons (Fsp3) is 0. The monoisotopic (exact) mass is 316 g/mol. The smallest absolute Gasteiger partial charge is 0.223 e. The summed E-state index contributed by atoms with van der Waals surface area (Å²) in [7, 11) is 0. The highest BCUT2D eigenvalue weighted by atomic mass is 16.5. The summed E-state index contributed by atoms with van der Waals surface area (Å²) < 4.78 is 5.79. The van der Waals surface area contributed by atoms with Gasteiger partial charge in [0, 0.05) is 24.7 Å². The van der Waals surface area contributed by atoms with Crippen molar-refractivity contribution in [2.45, 2.75) is 0 Å². The Labute approximate surface area is 137 Å². The summed E-state index contributed by atoms with van der Waals surface area (Å²) >= 11 is 0. The zero-order valence-electron chi connectivity index (χ0n) is 12.5. The molecule has 0 bridgehead atoms. The van der Waals surface area contributed by atoms with Gasteiger partial charge in [0.15, 0.2) is 0 Å². The Bertz CT molecular complexity index is 939. The number of pyridine rings is 2. The quantitative estimate of drug-likeness (QED) is 0.576. The van der Waals surface area contributed by atoms with Crippen LogP contribution in [0.5, 0.6) is 11.5 Å². The number of hydrogen-bond acceptors (Lipinski definition) is 6.